The standard InChI is InChI=1S/C28H24O10/c1-2-25(30)34-17-3-4-18-35-28(33)38-24-11-7-20(8-12-24)27(32)37-23-15-13-22(14-16-23)36-26(31)19-5-9-21(29)10-6-19/h2,5-16,29H,1,3-4,17-18H2. The van der Waals surface area contributed by atoms with Gasteiger partial charge < -0.3 is 28.8 Å². The molecule has 1 N–H and O–H groups in total. The number of rotatable bonds is 11. The van der Waals surface area contributed by atoms with E-state index in [0.717, 1.165) is 6.08 Å². The van der Waals surface area contributed by atoms with Gasteiger partial charge in [0.25, 0.3) is 0 Å². The van der Waals surface area contributed by atoms with Gasteiger partial charge >= 0.3 is 24.1 Å². The molecule has 0 saturated heterocycles. The van der Waals surface area contributed by atoms with Crippen LogP contribution in [0.3, 0.4) is 0 Å². The van der Waals surface area contributed by atoms with Crippen LogP contribution in [0.25, 0.3) is 0 Å². The molecule has 0 saturated carbocycles. The molecule has 0 spiro atoms. The lowest BCUT2D eigenvalue weighted by molar-refractivity contribution is -0.137. The van der Waals surface area contributed by atoms with Crippen LogP contribution in [0.4, 0.5) is 4.79 Å². The zero-order chi connectivity index (χ0) is 27.3. The molecule has 38 heavy (non-hydrogen) atoms. The summed E-state index contributed by atoms with van der Waals surface area (Å²) in [6, 6.07) is 17.2. The number of hydrogen-bond donors (Lipinski definition) is 1. The molecule has 0 unspecified atom stereocenters. The molecule has 0 aliphatic carbocycles. The van der Waals surface area contributed by atoms with Crippen molar-refractivity contribution in [2.45, 2.75) is 12.8 Å². The van der Waals surface area contributed by atoms with Gasteiger partial charge in [0.2, 0.25) is 0 Å². The summed E-state index contributed by atoms with van der Waals surface area (Å²) in [6.07, 6.45) is 1.15. The van der Waals surface area contributed by atoms with E-state index < -0.39 is 24.1 Å². The fourth-order valence-corrected chi connectivity index (χ4v) is 2.88. The Labute approximate surface area is 218 Å². The second kappa shape index (κ2) is 13.8. The number of phenolic OH excluding ortho intramolecular Hbond substituents is 1. The minimum Gasteiger partial charge on any atom is -0.508 e. The summed E-state index contributed by atoms with van der Waals surface area (Å²) in [6.45, 7) is 3.57. The average Bonchev–Trinajstić information content (AvgIpc) is 2.92. The van der Waals surface area contributed by atoms with E-state index in [9.17, 15) is 24.3 Å². The van der Waals surface area contributed by atoms with E-state index in [1.807, 2.05) is 0 Å². The van der Waals surface area contributed by atoms with Crippen LogP contribution in [0.15, 0.2) is 85.5 Å². The van der Waals surface area contributed by atoms with Crippen LogP contribution in [0.5, 0.6) is 23.0 Å². The second-order valence-corrected chi connectivity index (χ2v) is 7.60. The summed E-state index contributed by atoms with van der Waals surface area (Å²) in [5.74, 6) is -1.09. The van der Waals surface area contributed by atoms with E-state index in [-0.39, 0.29) is 47.3 Å². The predicted molar refractivity (Wildman–Crippen MR) is 133 cm³/mol. The van der Waals surface area contributed by atoms with Gasteiger partial charge in [-0.25, -0.2) is 19.2 Å². The Morgan fingerprint density at radius 1 is 0.632 bits per heavy atom. The normalized spacial score (nSPS) is 10.1. The molecule has 3 rings (SSSR count). The van der Waals surface area contributed by atoms with Crippen LogP contribution >= 0.6 is 0 Å². The summed E-state index contributed by atoms with van der Waals surface area (Å²) in [5.41, 5.74) is 0.477. The van der Waals surface area contributed by atoms with Crippen molar-refractivity contribution in [3.05, 3.63) is 96.6 Å². The van der Waals surface area contributed by atoms with Crippen molar-refractivity contribution < 1.29 is 48.0 Å². The zero-order valence-corrected chi connectivity index (χ0v) is 20.2. The molecule has 0 amide bonds. The molecular weight excluding hydrogens is 496 g/mol. The van der Waals surface area contributed by atoms with Crippen LogP contribution in [0.1, 0.15) is 33.6 Å². The minimum atomic E-state index is -0.908. The Kier molecular flexibility index (Phi) is 10.00. The van der Waals surface area contributed by atoms with Gasteiger partial charge in [-0.3, -0.25) is 0 Å². The Morgan fingerprint density at radius 3 is 1.55 bits per heavy atom. The maximum atomic E-state index is 12.4. The lowest BCUT2D eigenvalue weighted by Gasteiger charge is -2.08. The third kappa shape index (κ3) is 8.83. The maximum Gasteiger partial charge on any atom is 0.513 e. The molecule has 0 aliphatic rings. The SMILES string of the molecule is C=CC(=O)OCCCCOC(=O)Oc1ccc(C(=O)Oc2ccc(OC(=O)c3ccc(O)cc3)cc2)cc1. The number of carbonyl (C=O) groups excluding carboxylic acids is 4. The Balaban J connectivity index is 1.41. The fraction of sp³-hybridized carbons (Fsp3) is 0.143. The largest absolute Gasteiger partial charge is 0.513 e. The van der Waals surface area contributed by atoms with Gasteiger partial charge in [-0.1, -0.05) is 6.58 Å². The first-order valence-electron chi connectivity index (χ1n) is 11.4. The summed E-state index contributed by atoms with van der Waals surface area (Å²) >= 11 is 0. The quantitative estimate of drug-likeness (QED) is 0.123. The van der Waals surface area contributed by atoms with Gasteiger partial charge in [0.1, 0.15) is 23.0 Å². The molecule has 0 aliphatic heterocycles. The summed E-state index contributed by atoms with van der Waals surface area (Å²) in [5, 5.41) is 9.30. The van der Waals surface area contributed by atoms with Crippen LogP contribution < -0.4 is 14.2 Å². The van der Waals surface area contributed by atoms with Crippen molar-refractivity contribution in [3.63, 3.8) is 0 Å². The number of ether oxygens (including phenoxy) is 5. The molecule has 3 aromatic carbocycles. The third-order valence-electron chi connectivity index (χ3n) is 4.81. The second-order valence-electron chi connectivity index (χ2n) is 7.60. The molecule has 0 heterocycles. The number of carbonyl (C=O) groups is 4. The molecule has 10 heteroatoms. The summed E-state index contributed by atoms with van der Waals surface area (Å²) in [4.78, 5) is 47.2. The van der Waals surface area contributed by atoms with Crippen molar-refractivity contribution in [2.75, 3.05) is 13.2 Å². The molecule has 0 atom stereocenters. The number of hydrogen-bond acceptors (Lipinski definition) is 10. The molecular formula is C28H24O10. The number of unbranched alkanes of at least 4 members (excludes halogenated alkanes) is 1. The highest BCUT2D eigenvalue weighted by atomic mass is 16.7. The number of phenols is 1. The van der Waals surface area contributed by atoms with Gasteiger partial charge in [-0.15, -0.1) is 0 Å². The Bertz CT molecular complexity index is 1260. The highest BCUT2D eigenvalue weighted by Crippen LogP contribution is 2.21. The van der Waals surface area contributed by atoms with E-state index in [2.05, 4.69) is 6.58 Å². The van der Waals surface area contributed by atoms with E-state index in [0.29, 0.717) is 12.8 Å². The van der Waals surface area contributed by atoms with Crippen LogP contribution in [0, 0.1) is 0 Å². The first-order chi connectivity index (χ1) is 18.3. The first-order valence-corrected chi connectivity index (χ1v) is 11.4. The first kappa shape index (κ1) is 27.5. The average molecular weight is 520 g/mol. The molecule has 0 radical (unpaired) electrons. The van der Waals surface area contributed by atoms with E-state index in [1.165, 1.54) is 72.8 Å². The van der Waals surface area contributed by atoms with Crippen molar-refractivity contribution >= 4 is 24.1 Å². The summed E-state index contributed by atoms with van der Waals surface area (Å²) in [7, 11) is 0. The smallest absolute Gasteiger partial charge is 0.508 e. The molecule has 3 aromatic rings. The highest BCUT2D eigenvalue weighted by molar-refractivity contribution is 5.92. The van der Waals surface area contributed by atoms with E-state index in [1.54, 1.807) is 0 Å². The number of aromatic hydroxyl groups is 1. The lowest BCUT2D eigenvalue weighted by Crippen LogP contribution is -2.12. The van der Waals surface area contributed by atoms with Crippen molar-refractivity contribution in [2.24, 2.45) is 0 Å². The molecule has 0 aromatic heterocycles. The van der Waals surface area contributed by atoms with Gasteiger partial charge in [0.05, 0.1) is 24.3 Å². The molecule has 10 nitrogen and oxygen atoms in total. The topological polar surface area (TPSA) is 135 Å². The van der Waals surface area contributed by atoms with Gasteiger partial charge in [-0.2, -0.15) is 0 Å². The zero-order valence-electron chi connectivity index (χ0n) is 20.2. The molecule has 0 bridgehead atoms. The number of esters is 3. The maximum absolute atomic E-state index is 12.4. The van der Waals surface area contributed by atoms with Gasteiger partial charge in [-0.05, 0) is 85.6 Å². The summed E-state index contributed by atoms with van der Waals surface area (Å²) < 4.78 is 25.4. The number of benzene rings is 3. The Morgan fingerprint density at radius 2 is 1.05 bits per heavy atom. The van der Waals surface area contributed by atoms with E-state index in [4.69, 9.17) is 23.7 Å². The van der Waals surface area contributed by atoms with Crippen molar-refractivity contribution in [1.29, 1.82) is 0 Å². The monoisotopic (exact) mass is 520 g/mol. The molecule has 196 valence electrons. The van der Waals surface area contributed by atoms with Crippen LogP contribution in [-0.2, 0) is 14.3 Å². The Hall–Kier alpha value is -5.12. The third-order valence-corrected chi connectivity index (χ3v) is 4.81. The highest BCUT2D eigenvalue weighted by Gasteiger charge is 2.12. The van der Waals surface area contributed by atoms with Crippen molar-refractivity contribution in [3.8, 4) is 23.0 Å². The van der Waals surface area contributed by atoms with Gasteiger partial charge in [0.15, 0.2) is 0 Å². The predicted octanol–water partition coefficient (Wildman–Crippen LogP) is 4.86. The van der Waals surface area contributed by atoms with Crippen LogP contribution in [-0.4, -0.2) is 42.4 Å². The van der Waals surface area contributed by atoms with Crippen molar-refractivity contribution in [1.82, 2.24) is 0 Å². The van der Waals surface area contributed by atoms with Gasteiger partial charge in [0, 0.05) is 6.08 Å². The lowest BCUT2D eigenvalue weighted by atomic mass is 10.2. The molecule has 0 fully saturated rings. The fourth-order valence-electron chi connectivity index (χ4n) is 2.88. The minimum absolute atomic E-state index is 0.0337. The van der Waals surface area contributed by atoms with E-state index >= 15 is 0 Å². The van der Waals surface area contributed by atoms with Crippen LogP contribution in [0.2, 0.25) is 0 Å².